The number of ether oxygens (including phenoxy) is 4. The van der Waals surface area contributed by atoms with E-state index in [4.69, 9.17) is 18.9 Å². The summed E-state index contributed by atoms with van der Waals surface area (Å²) in [4.78, 5) is 25.4. The highest BCUT2D eigenvalue weighted by molar-refractivity contribution is 5.94. The van der Waals surface area contributed by atoms with Gasteiger partial charge in [0.2, 0.25) is 6.79 Å². The number of unbranched alkanes of at least 4 members (excludes halogenated alkanes) is 2. The van der Waals surface area contributed by atoms with Crippen molar-refractivity contribution in [2.45, 2.75) is 26.2 Å². The normalized spacial score (nSPS) is 10.2. The Balaban J connectivity index is 1.72. The van der Waals surface area contributed by atoms with Crippen LogP contribution in [0.1, 0.15) is 58.0 Å². The molecule has 0 unspecified atom stereocenters. The Kier molecular flexibility index (Phi) is 9.89. The molecular weight excluding hydrogens is 456 g/mol. The second-order valence-electron chi connectivity index (χ2n) is 7.90. The van der Waals surface area contributed by atoms with Crippen molar-refractivity contribution in [1.82, 2.24) is 0 Å². The monoisotopic (exact) mass is 486 g/mol. The molecule has 0 aliphatic rings. The summed E-state index contributed by atoms with van der Waals surface area (Å²) in [5.41, 5.74) is 2.38. The van der Waals surface area contributed by atoms with Crippen LogP contribution >= 0.6 is 0 Å². The molecule has 3 rings (SSSR count). The van der Waals surface area contributed by atoms with Crippen LogP contribution in [0.3, 0.4) is 0 Å². The zero-order valence-corrected chi connectivity index (χ0v) is 20.4. The standard InChI is InChI=1S/C30H30O6/c1-4-7-8-19-33-30(32)27-20-26(36-29(31)24-13-9-22(5-2)10-14-24)17-18-28(27)35-21-34-25-15-11-23(6-3)12-16-25/h5-6,9-18,20H,2-4,7-8,19,21H2,1H3. The molecule has 6 nitrogen and oxygen atoms in total. The molecule has 0 N–H and O–H groups in total. The third-order valence-corrected chi connectivity index (χ3v) is 5.30. The largest absolute Gasteiger partial charge is 0.462 e. The van der Waals surface area contributed by atoms with Crippen molar-refractivity contribution in [3.05, 3.63) is 102 Å². The third-order valence-electron chi connectivity index (χ3n) is 5.30. The van der Waals surface area contributed by atoms with Gasteiger partial charge in [-0.2, -0.15) is 0 Å². The van der Waals surface area contributed by atoms with Crippen LogP contribution in [0, 0.1) is 0 Å². The van der Waals surface area contributed by atoms with Crippen molar-refractivity contribution in [2.75, 3.05) is 13.4 Å². The third kappa shape index (κ3) is 7.60. The highest BCUT2D eigenvalue weighted by atomic mass is 16.7. The van der Waals surface area contributed by atoms with Crippen LogP contribution in [0.25, 0.3) is 12.2 Å². The van der Waals surface area contributed by atoms with Crippen LogP contribution in [0.2, 0.25) is 0 Å². The molecule has 0 spiro atoms. The quantitative estimate of drug-likeness (QED) is 0.113. The minimum Gasteiger partial charge on any atom is -0.462 e. The van der Waals surface area contributed by atoms with Gasteiger partial charge in [-0.15, -0.1) is 0 Å². The number of hydrogen-bond acceptors (Lipinski definition) is 6. The summed E-state index contributed by atoms with van der Waals surface area (Å²) in [5, 5.41) is 0. The van der Waals surface area contributed by atoms with E-state index >= 15 is 0 Å². The maximum atomic E-state index is 12.8. The predicted octanol–water partition coefficient (Wildman–Crippen LogP) is 6.95. The average Bonchev–Trinajstić information content (AvgIpc) is 2.92. The summed E-state index contributed by atoms with van der Waals surface area (Å²) in [5.74, 6) is -0.0511. The SMILES string of the molecule is C=Cc1ccc(OCOc2ccc(OC(=O)c3ccc(C=C)cc3)cc2C(=O)OCCCCC)cc1. The lowest BCUT2D eigenvalue weighted by Crippen LogP contribution is -2.13. The van der Waals surface area contributed by atoms with Gasteiger partial charge in [-0.3, -0.25) is 0 Å². The summed E-state index contributed by atoms with van der Waals surface area (Å²) in [7, 11) is 0. The number of benzene rings is 3. The minimum atomic E-state index is -0.565. The van der Waals surface area contributed by atoms with Gasteiger partial charge < -0.3 is 18.9 Å². The average molecular weight is 487 g/mol. The van der Waals surface area contributed by atoms with Crippen LogP contribution < -0.4 is 14.2 Å². The lowest BCUT2D eigenvalue weighted by atomic mass is 10.1. The van der Waals surface area contributed by atoms with Crippen molar-refractivity contribution in [3.8, 4) is 17.2 Å². The maximum absolute atomic E-state index is 12.8. The maximum Gasteiger partial charge on any atom is 0.343 e. The van der Waals surface area contributed by atoms with E-state index in [-0.39, 0.29) is 30.5 Å². The van der Waals surface area contributed by atoms with Crippen molar-refractivity contribution in [2.24, 2.45) is 0 Å². The van der Waals surface area contributed by atoms with E-state index in [0.29, 0.717) is 11.3 Å². The van der Waals surface area contributed by atoms with Gasteiger partial charge in [-0.1, -0.05) is 69.3 Å². The van der Waals surface area contributed by atoms with E-state index in [9.17, 15) is 9.59 Å². The lowest BCUT2D eigenvalue weighted by molar-refractivity contribution is 0.0484. The molecule has 36 heavy (non-hydrogen) atoms. The molecule has 0 radical (unpaired) electrons. The summed E-state index contributed by atoms with van der Waals surface area (Å²) < 4.78 is 22.3. The summed E-state index contributed by atoms with van der Waals surface area (Å²) >= 11 is 0. The Morgan fingerprint density at radius 2 is 1.42 bits per heavy atom. The second-order valence-corrected chi connectivity index (χ2v) is 7.90. The van der Waals surface area contributed by atoms with Crippen LogP contribution in [-0.4, -0.2) is 25.3 Å². The second kappa shape index (κ2) is 13.5. The van der Waals surface area contributed by atoms with Gasteiger partial charge in [-0.25, -0.2) is 9.59 Å². The van der Waals surface area contributed by atoms with E-state index in [1.54, 1.807) is 60.7 Å². The molecule has 186 valence electrons. The van der Waals surface area contributed by atoms with Crippen molar-refractivity contribution in [1.29, 1.82) is 0 Å². The molecule has 0 aliphatic carbocycles. The molecule has 0 heterocycles. The van der Waals surface area contributed by atoms with Crippen molar-refractivity contribution < 1.29 is 28.5 Å². The Bertz CT molecular complexity index is 1180. The van der Waals surface area contributed by atoms with E-state index in [1.807, 2.05) is 12.1 Å². The Morgan fingerprint density at radius 1 is 0.778 bits per heavy atom. The van der Waals surface area contributed by atoms with Gasteiger partial charge in [0, 0.05) is 0 Å². The Labute approximate surface area is 211 Å². The molecule has 0 aromatic heterocycles. The van der Waals surface area contributed by atoms with E-state index in [2.05, 4.69) is 20.1 Å². The van der Waals surface area contributed by atoms with Gasteiger partial charge in [-0.05, 0) is 60.0 Å². The highest BCUT2D eigenvalue weighted by Gasteiger charge is 2.18. The molecule has 0 bridgehead atoms. The van der Waals surface area contributed by atoms with E-state index in [1.165, 1.54) is 6.07 Å². The zero-order valence-electron chi connectivity index (χ0n) is 20.4. The lowest BCUT2D eigenvalue weighted by Gasteiger charge is -2.14. The van der Waals surface area contributed by atoms with Crippen LogP contribution in [0.4, 0.5) is 0 Å². The highest BCUT2D eigenvalue weighted by Crippen LogP contribution is 2.26. The molecule has 0 amide bonds. The van der Waals surface area contributed by atoms with Gasteiger partial charge in [0.25, 0.3) is 0 Å². The van der Waals surface area contributed by atoms with Crippen LogP contribution in [-0.2, 0) is 4.74 Å². The summed E-state index contributed by atoms with van der Waals surface area (Å²) in [6, 6.07) is 18.7. The molecular formula is C30H30O6. The molecule has 0 aliphatic heterocycles. The number of rotatable bonds is 13. The Morgan fingerprint density at radius 3 is 2.06 bits per heavy atom. The Hall–Kier alpha value is -4.32. The van der Waals surface area contributed by atoms with Crippen LogP contribution in [0.15, 0.2) is 79.9 Å². The summed E-state index contributed by atoms with van der Waals surface area (Å²) in [6.45, 7) is 9.66. The molecule has 3 aromatic rings. The molecule has 6 heteroatoms. The number of carbonyl (C=O) groups is 2. The van der Waals surface area contributed by atoms with Crippen molar-refractivity contribution in [3.63, 3.8) is 0 Å². The molecule has 0 saturated heterocycles. The van der Waals surface area contributed by atoms with Gasteiger partial charge in [0.05, 0.1) is 12.2 Å². The van der Waals surface area contributed by atoms with Gasteiger partial charge >= 0.3 is 11.9 Å². The predicted molar refractivity (Wildman–Crippen MR) is 140 cm³/mol. The molecule has 3 aromatic carbocycles. The van der Waals surface area contributed by atoms with E-state index < -0.39 is 11.9 Å². The van der Waals surface area contributed by atoms with Crippen LogP contribution in [0.5, 0.6) is 17.2 Å². The first-order valence-electron chi connectivity index (χ1n) is 11.8. The van der Waals surface area contributed by atoms with Gasteiger partial charge in [0.1, 0.15) is 22.8 Å². The van der Waals surface area contributed by atoms with Gasteiger partial charge in [0.15, 0.2) is 0 Å². The zero-order chi connectivity index (χ0) is 25.8. The first-order chi connectivity index (χ1) is 17.5. The van der Waals surface area contributed by atoms with E-state index in [0.717, 1.165) is 30.4 Å². The molecule has 0 fully saturated rings. The summed E-state index contributed by atoms with van der Waals surface area (Å²) in [6.07, 6.45) is 6.15. The van der Waals surface area contributed by atoms with Crippen molar-refractivity contribution >= 4 is 24.1 Å². The number of carbonyl (C=O) groups excluding carboxylic acids is 2. The fourth-order valence-corrected chi connectivity index (χ4v) is 3.24. The first-order valence-corrected chi connectivity index (χ1v) is 11.8. The fourth-order valence-electron chi connectivity index (χ4n) is 3.24. The smallest absolute Gasteiger partial charge is 0.343 e. The molecule has 0 atom stereocenters. The number of esters is 2. The minimum absolute atomic E-state index is 0.127. The number of hydrogen-bond donors (Lipinski definition) is 0. The molecule has 0 saturated carbocycles. The topological polar surface area (TPSA) is 71.1 Å². The first kappa shape index (κ1) is 26.3. The fraction of sp³-hybridized carbons (Fsp3) is 0.200.